The molecule has 1 aromatic rings. The number of hydrogen-bond acceptors (Lipinski definition) is 2. The first kappa shape index (κ1) is 13.6. The maximum Gasteiger partial charge on any atom is 0.0240 e. The lowest BCUT2D eigenvalue weighted by Crippen LogP contribution is -2.50. The van der Waals surface area contributed by atoms with Gasteiger partial charge >= 0.3 is 0 Å². The third-order valence-electron chi connectivity index (χ3n) is 4.00. The molecule has 1 N–H and O–H groups in total. The Hall–Kier alpha value is -0.860. The van der Waals surface area contributed by atoms with E-state index < -0.39 is 0 Å². The van der Waals surface area contributed by atoms with E-state index in [1.54, 1.807) is 0 Å². The second-order valence-corrected chi connectivity index (χ2v) is 5.55. The highest BCUT2D eigenvalue weighted by molar-refractivity contribution is 5.33. The Bertz CT molecular complexity index is 364. The fourth-order valence-electron chi connectivity index (χ4n) is 2.90. The molecule has 1 aliphatic rings. The van der Waals surface area contributed by atoms with Crippen molar-refractivity contribution in [2.24, 2.45) is 0 Å². The van der Waals surface area contributed by atoms with Gasteiger partial charge in [-0.1, -0.05) is 31.5 Å². The zero-order valence-corrected chi connectivity index (χ0v) is 12.0. The maximum atomic E-state index is 3.62. The number of nitrogens with zero attached hydrogens (tertiary/aromatic N) is 1. The summed E-state index contributed by atoms with van der Waals surface area (Å²) < 4.78 is 0. The SMILES string of the molecule is CCCC1CN(Cc2c(C)cccc2C)CCN1. The van der Waals surface area contributed by atoms with Crippen LogP contribution in [0.4, 0.5) is 0 Å². The lowest BCUT2D eigenvalue weighted by molar-refractivity contribution is 0.186. The van der Waals surface area contributed by atoms with Gasteiger partial charge in [-0.05, 0) is 37.0 Å². The lowest BCUT2D eigenvalue weighted by Gasteiger charge is -2.34. The molecule has 18 heavy (non-hydrogen) atoms. The summed E-state index contributed by atoms with van der Waals surface area (Å²) in [4.78, 5) is 2.60. The Morgan fingerprint density at radius 3 is 2.67 bits per heavy atom. The van der Waals surface area contributed by atoms with Crippen molar-refractivity contribution in [3.63, 3.8) is 0 Å². The molecule has 0 spiro atoms. The molecule has 0 bridgehead atoms. The van der Waals surface area contributed by atoms with Crippen LogP contribution in [0.5, 0.6) is 0 Å². The van der Waals surface area contributed by atoms with Crippen molar-refractivity contribution in [3.05, 3.63) is 34.9 Å². The molecule has 1 heterocycles. The maximum absolute atomic E-state index is 3.62. The molecule has 2 nitrogen and oxygen atoms in total. The quantitative estimate of drug-likeness (QED) is 0.879. The minimum Gasteiger partial charge on any atom is -0.311 e. The van der Waals surface area contributed by atoms with Gasteiger partial charge in [-0.15, -0.1) is 0 Å². The number of nitrogens with one attached hydrogen (secondary N) is 1. The molecule has 0 aliphatic carbocycles. The average Bonchev–Trinajstić information content (AvgIpc) is 2.35. The first-order valence-corrected chi connectivity index (χ1v) is 7.21. The first-order chi connectivity index (χ1) is 8.70. The molecular weight excluding hydrogens is 220 g/mol. The Morgan fingerprint density at radius 2 is 2.00 bits per heavy atom. The van der Waals surface area contributed by atoms with Crippen molar-refractivity contribution in [2.75, 3.05) is 19.6 Å². The topological polar surface area (TPSA) is 15.3 Å². The Balaban J connectivity index is 2.00. The minimum atomic E-state index is 0.688. The third kappa shape index (κ3) is 3.33. The molecule has 1 saturated heterocycles. The molecule has 1 aliphatic heterocycles. The number of piperazine rings is 1. The van der Waals surface area contributed by atoms with Crippen LogP contribution in [0.15, 0.2) is 18.2 Å². The zero-order valence-electron chi connectivity index (χ0n) is 12.0. The largest absolute Gasteiger partial charge is 0.311 e. The van der Waals surface area contributed by atoms with E-state index in [-0.39, 0.29) is 0 Å². The van der Waals surface area contributed by atoms with Crippen LogP contribution in [0.25, 0.3) is 0 Å². The summed E-state index contributed by atoms with van der Waals surface area (Å²) in [5, 5.41) is 3.62. The van der Waals surface area contributed by atoms with Gasteiger partial charge < -0.3 is 5.32 Å². The van der Waals surface area contributed by atoms with E-state index in [9.17, 15) is 0 Å². The summed E-state index contributed by atoms with van der Waals surface area (Å²) in [7, 11) is 0. The minimum absolute atomic E-state index is 0.688. The molecule has 2 rings (SSSR count). The van der Waals surface area contributed by atoms with Crippen molar-refractivity contribution in [3.8, 4) is 0 Å². The van der Waals surface area contributed by atoms with E-state index in [1.807, 2.05) is 0 Å². The predicted molar refractivity (Wildman–Crippen MR) is 77.9 cm³/mol. The van der Waals surface area contributed by atoms with Crippen LogP contribution in [0, 0.1) is 13.8 Å². The van der Waals surface area contributed by atoms with Crippen molar-refractivity contribution >= 4 is 0 Å². The van der Waals surface area contributed by atoms with Gasteiger partial charge in [0.2, 0.25) is 0 Å². The van der Waals surface area contributed by atoms with Gasteiger partial charge in [-0.2, -0.15) is 0 Å². The van der Waals surface area contributed by atoms with Crippen LogP contribution >= 0.6 is 0 Å². The summed E-state index contributed by atoms with van der Waals surface area (Å²) >= 11 is 0. The van der Waals surface area contributed by atoms with Crippen LogP contribution in [-0.4, -0.2) is 30.6 Å². The second-order valence-electron chi connectivity index (χ2n) is 5.55. The van der Waals surface area contributed by atoms with Gasteiger partial charge in [-0.25, -0.2) is 0 Å². The number of benzene rings is 1. The van der Waals surface area contributed by atoms with Crippen molar-refractivity contribution in [1.29, 1.82) is 0 Å². The highest BCUT2D eigenvalue weighted by atomic mass is 15.2. The zero-order chi connectivity index (χ0) is 13.0. The summed E-state index contributed by atoms with van der Waals surface area (Å²) in [5.41, 5.74) is 4.38. The van der Waals surface area contributed by atoms with E-state index in [4.69, 9.17) is 0 Å². The highest BCUT2D eigenvalue weighted by Gasteiger charge is 2.19. The number of hydrogen-bond donors (Lipinski definition) is 1. The summed E-state index contributed by atoms with van der Waals surface area (Å²) in [5.74, 6) is 0. The fraction of sp³-hybridized carbons (Fsp3) is 0.625. The molecular formula is C16H26N2. The first-order valence-electron chi connectivity index (χ1n) is 7.21. The van der Waals surface area contributed by atoms with E-state index in [0.29, 0.717) is 6.04 Å². The van der Waals surface area contributed by atoms with Crippen LogP contribution < -0.4 is 5.32 Å². The number of aryl methyl sites for hydroxylation is 2. The Kier molecular flexibility index (Phi) is 4.79. The summed E-state index contributed by atoms with van der Waals surface area (Å²) in [6, 6.07) is 7.31. The van der Waals surface area contributed by atoms with Crippen LogP contribution in [0.2, 0.25) is 0 Å². The molecule has 100 valence electrons. The lowest BCUT2D eigenvalue weighted by atomic mass is 10.0. The second kappa shape index (κ2) is 6.35. The van der Waals surface area contributed by atoms with Crippen LogP contribution in [-0.2, 0) is 6.54 Å². The molecule has 0 amide bonds. The van der Waals surface area contributed by atoms with E-state index >= 15 is 0 Å². The van der Waals surface area contributed by atoms with E-state index in [2.05, 4.69) is 49.2 Å². The average molecular weight is 246 g/mol. The van der Waals surface area contributed by atoms with Crippen molar-refractivity contribution < 1.29 is 0 Å². The third-order valence-corrected chi connectivity index (χ3v) is 4.00. The molecule has 1 aromatic carbocycles. The van der Waals surface area contributed by atoms with Gasteiger partial charge in [0, 0.05) is 32.2 Å². The predicted octanol–water partition coefficient (Wildman–Crippen LogP) is 2.88. The highest BCUT2D eigenvalue weighted by Crippen LogP contribution is 2.17. The standard InChI is InChI=1S/C16H26N2/c1-4-6-15-11-18(10-9-17-15)12-16-13(2)7-5-8-14(16)3/h5,7-8,15,17H,4,6,9-12H2,1-3H3. The molecule has 0 saturated carbocycles. The molecule has 1 unspecified atom stereocenters. The van der Waals surface area contributed by atoms with Gasteiger partial charge in [0.25, 0.3) is 0 Å². The molecule has 1 fully saturated rings. The Morgan fingerprint density at radius 1 is 1.28 bits per heavy atom. The molecule has 0 aromatic heterocycles. The van der Waals surface area contributed by atoms with Crippen LogP contribution in [0.1, 0.15) is 36.5 Å². The summed E-state index contributed by atoms with van der Waals surface area (Å²) in [6.07, 6.45) is 2.57. The van der Waals surface area contributed by atoms with E-state index in [1.165, 1.54) is 42.6 Å². The van der Waals surface area contributed by atoms with Gasteiger partial charge in [0.15, 0.2) is 0 Å². The monoisotopic (exact) mass is 246 g/mol. The smallest absolute Gasteiger partial charge is 0.0240 e. The molecule has 2 heteroatoms. The normalized spacial score (nSPS) is 21.2. The molecule has 0 radical (unpaired) electrons. The van der Waals surface area contributed by atoms with Gasteiger partial charge in [0.05, 0.1) is 0 Å². The van der Waals surface area contributed by atoms with Gasteiger partial charge in [-0.3, -0.25) is 4.90 Å². The van der Waals surface area contributed by atoms with Crippen molar-refractivity contribution in [2.45, 2.75) is 46.2 Å². The van der Waals surface area contributed by atoms with Gasteiger partial charge in [0.1, 0.15) is 0 Å². The summed E-state index contributed by atoms with van der Waals surface area (Å²) in [6.45, 7) is 11.3. The molecule has 1 atom stereocenters. The fourth-order valence-corrected chi connectivity index (χ4v) is 2.90. The number of rotatable bonds is 4. The van der Waals surface area contributed by atoms with Crippen molar-refractivity contribution in [1.82, 2.24) is 10.2 Å². The van der Waals surface area contributed by atoms with E-state index in [0.717, 1.165) is 13.1 Å². The Labute approximate surface area is 111 Å². The van der Waals surface area contributed by atoms with Crippen LogP contribution in [0.3, 0.4) is 0 Å².